The van der Waals surface area contributed by atoms with Gasteiger partial charge in [-0.1, -0.05) is 0 Å². The lowest BCUT2D eigenvalue weighted by atomic mass is 10.1. The Bertz CT molecular complexity index is 1390. The average Bonchev–Trinajstić information content (AvgIpc) is 3.63. The van der Waals surface area contributed by atoms with E-state index in [1.165, 1.54) is 20.5 Å². The lowest BCUT2D eigenvalue weighted by molar-refractivity contribution is 0.0531. The number of nitrogens with zero attached hydrogens (tertiary/aromatic N) is 8. The second kappa shape index (κ2) is 11.9. The Labute approximate surface area is 230 Å². The van der Waals surface area contributed by atoms with Gasteiger partial charge in [0.1, 0.15) is 18.2 Å². The number of ether oxygens (including phenoxy) is 4. The highest BCUT2D eigenvalue weighted by Crippen LogP contribution is 2.36. The molecule has 2 saturated heterocycles. The van der Waals surface area contributed by atoms with Gasteiger partial charge in [-0.25, -0.2) is 22.8 Å². The van der Waals surface area contributed by atoms with Crippen LogP contribution in [0.2, 0.25) is 0 Å². The quantitative estimate of drug-likeness (QED) is 0.341. The summed E-state index contributed by atoms with van der Waals surface area (Å²) in [6, 6.07) is 0. The molecule has 2 aliphatic rings. The van der Waals surface area contributed by atoms with Crippen molar-refractivity contribution >= 4 is 15.8 Å². The van der Waals surface area contributed by atoms with Gasteiger partial charge in [0.05, 0.1) is 38.0 Å². The van der Waals surface area contributed by atoms with Crippen LogP contribution in [0.15, 0.2) is 18.7 Å². The third-order valence-electron chi connectivity index (χ3n) is 6.84. The lowest BCUT2D eigenvalue weighted by Gasteiger charge is -2.37. The molecule has 2 aliphatic heterocycles. The maximum atomic E-state index is 14.0. The van der Waals surface area contributed by atoms with Gasteiger partial charge in [-0.05, 0) is 26.2 Å². The maximum Gasteiger partial charge on any atom is 0.245 e. The summed E-state index contributed by atoms with van der Waals surface area (Å²) in [4.78, 5) is 18.2. The molecular formula is C24H31FN8O6S. The fourth-order valence-corrected chi connectivity index (χ4v) is 6.75. The zero-order valence-corrected chi connectivity index (χ0v) is 23.3. The van der Waals surface area contributed by atoms with E-state index in [1.54, 1.807) is 9.47 Å². The standard InChI is InChI=1S/C24H31FN8O6S/c1-4-38-16-8-17(12-32(11-16)24-26-9-15(25)10-27-24)40(34,35)13-19-30-31-21(18-6-5-7-39-18)33(19)20-22(36-2)28-14-29-23(20)37-3/h9-10,14,16-18H,4-8,11-13H2,1-3H3/t16-,17+,18+/m0/s1. The van der Waals surface area contributed by atoms with Crippen molar-refractivity contribution in [1.29, 1.82) is 0 Å². The molecule has 5 rings (SSSR count). The summed E-state index contributed by atoms with van der Waals surface area (Å²) in [5, 5.41) is 7.77. The van der Waals surface area contributed by atoms with Gasteiger partial charge in [0.15, 0.2) is 33.0 Å². The number of aromatic nitrogens is 7. The minimum atomic E-state index is -3.85. The fourth-order valence-electron chi connectivity index (χ4n) is 5.05. The molecule has 0 aromatic carbocycles. The first-order valence-electron chi connectivity index (χ1n) is 12.9. The van der Waals surface area contributed by atoms with E-state index in [1.807, 2.05) is 6.92 Å². The van der Waals surface area contributed by atoms with Crippen molar-refractivity contribution in [3.05, 3.63) is 36.2 Å². The summed E-state index contributed by atoms with van der Waals surface area (Å²) in [5.41, 5.74) is 0.283. The number of piperidine rings is 1. The van der Waals surface area contributed by atoms with E-state index >= 15 is 0 Å². The fraction of sp³-hybridized carbons (Fsp3) is 0.583. The van der Waals surface area contributed by atoms with Gasteiger partial charge in [0.2, 0.25) is 17.7 Å². The number of methoxy groups -OCH3 is 2. The molecule has 16 heteroatoms. The molecule has 2 fully saturated rings. The third kappa shape index (κ3) is 5.69. The first kappa shape index (κ1) is 28.0. The van der Waals surface area contributed by atoms with Crippen LogP contribution in [0.25, 0.3) is 5.69 Å². The summed E-state index contributed by atoms with van der Waals surface area (Å²) < 4.78 is 65.6. The van der Waals surface area contributed by atoms with Crippen LogP contribution in [-0.2, 0) is 25.1 Å². The molecule has 0 amide bonds. The molecule has 3 aromatic rings. The second-order valence-electron chi connectivity index (χ2n) is 9.40. The molecule has 0 spiro atoms. The van der Waals surface area contributed by atoms with Crippen molar-refractivity contribution < 1.29 is 31.8 Å². The van der Waals surface area contributed by atoms with E-state index in [0.29, 0.717) is 32.0 Å². The number of halogens is 1. The minimum absolute atomic E-state index is 0.103. The largest absolute Gasteiger partial charge is 0.479 e. The van der Waals surface area contributed by atoms with E-state index in [0.717, 1.165) is 18.8 Å². The first-order valence-corrected chi connectivity index (χ1v) is 14.6. The predicted octanol–water partition coefficient (Wildman–Crippen LogP) is 1.45. The van der Waals surface area contributed by atoms with E-state index < -0.39 is 38.9 Å². The average molecular weight is 579 g/mol. The molecule has 3 aromatic heterocycles. The van der Waals surface area contributed by atoms with Gasteiger partial charge in [0, 0.05) is 26.3 Å². The molecule has 40 heavy (non-hydrogen) atoms. The van der Waals surface area contributed by atoms with Gasteiger partial charge in [-0.2, -0.15) is 9.97 Å². The van der Waals surface area contributed by atoms with Crippen molar-refractivity contribution in [1.82, 2.24) is 34.7 Å². The Balaban J connectivity index is 1.52. The Hall–Kier alpha value is -3.50. The number of rotatable bonds is 10. The van der Waals surface area contributed by atoms with Gasteiger partial charge in [-0.3, -0.25) is 4.57 Å². The van der Waals surface area contributed by atoms with Gasteiger partial charge >= 0.3 is 0 Å². The van der Waals surface area contributed by atoms with Crippen LogP contribution in [0.3, 0.4) is 0 Å². The van der Waals surface area contributed by atoms with Crippen LogP contribution in [0.1, 0.15) is 43.9 Å². The molecule has 3 atom stereocenters. The summed E-state index contributed by atoms with van der Waals surface area (Å²) in [7, 11) is -0.966. The topological polar surface area (TPSA) is 157 Å². The number of hydrogen-bond donors (Lipinski definition) is 0. The second-order valence-corrected chi connectivity index (χ2v) is 11.7. The smallest absolute Gasteiger partial charge is 0.245 e. The zero-order valence-electron chi connectivity index (χ0n) is 22.4. The Morgan fingerprint density at radius 1 is 1.07 bits per heavy atom. The van der Waals surface area contributed by atoms with E-state index in [-0.39, 0.29) is 42.2 Å². The molecule has 0 saturated carbocycles. The van der Waals surface area contributed by atoms with Crippen molar-refractivity contribution in [3.63, 3.8) is 0 Å². The van der Waals surface area contributed by atoms with Gasteiger partial charge in [0.25, 0.3) is 0 Å². The van der Waals surface area contributed by atoms with Crippen molar-refractivity contribution in [2.45, 2.75) is 49.4 Å². The van der Waals surface area contributed by atoms with E-state index in [9.17, 15) is 12.8 Å². The Morgan fingerprint density at radius 2 is 1.80 bits per heavy atom. The van der Waals surface area contributed by atoms with Gasteiger partial charge < -0.3 is 23.8 Å². The third-order valence-corrected chi connectivity index (χ3v) is 8.86. The molecule has 0 N–H and O–H groups in total. The summed E-state index contributed by atoms with van der Waals surface area (Å²) in [6.07, 6.45) is 4.37. The van der Waals surface area contributed by atoms with Gasteiger partial charge in [-0.15, -0.1) is 10.2 Å². The molecule has 14 nitrogen and oxygen atoms in total. The molecule has 216 valence electrons. The van der Waals surface area contributed by atoms with Crippen LogP contribution in [-0.4, -0.2) is 95.0 Å². The van der Waals surface area contributed by atoms with Crippen LogP contribution < -0.4 is 14.4 Å². The molecule has 0 bridgehead atoms. The van der Waals surface area contributed by atoms with Crippen LogP contribution in [0.4, 0.5) is 10.3 Å². The monoisotopic (exact) mass is 578 g/mol. The molecule has 0 unspecified atom stereocenters. The molecule has 5 heterocycles. The highest BCUT2D eigenvalue weighted by molar-refractivity contribution is 7.91. The zero-order chi connectivity index (χ0) is 28.3. The van der Waals surface area contributed by atoms with Crippen molar-refractivity contribution in [3.8, 4) is 17.4 Å². The molecule has 0 aliphatic carbocycles. The minimum Gasteiger partial charge on any atom is -0.479 e. The molecule has 0 radical (unpaired) electrons. The Morgan fingerprint density at radius 3 is 2.42 bits per heavy atom. The SMILES string of the molecule is CCO[C@H]1C[C@@H](S(=O)(=O)Cc2nnc([C@H]3CCCO3)n2-c2c(OC)ncnc2OC)CN(c2ncc(F)cn2)C1. The highest BCUT2D eigenvalue weighted by Gasteiger charge is 2.39. The summed E-state index contributed by atoms with van der Waals surface area (Å²) in [5.74, 6) is 0.0761. The van der Waals surface area contributed by atoms with Crippen LogP contribution in [0, 0.1) is 5.82 Å². The van der Waals surface area contributed by atoms with Crippen molar-refractivity contribution in [2.24, 2.45) is 0 Å². The van der Waals surface area contributed by atoms with Crippen molar-refractivity contribution in [2.75, 3.05) is 45.4 Å². The number of sulfone groups is 1. The van der Waals surface area contributed by atoms with Crippen LogP contribution in [0.5, 0.6) is 11.8 Å². The lowest BCUT2D eigenvalue weighted by Crippen LogP contribution is -2.50. The van der Waals surface area contributed by atoms with E-state index in [2.05, 4.69) is 30.1 Å². The summed E-state index contributed by atoms with van der Waals surface area (Å²) >= 11 is 0. The van der Waals surface area contributed by atoms with Crippen LogP contribution >= 0.6 is 0 Å². The predicted molar refractivity (Wildman–Crippen MR) is 139 cm³/mol. The number of anilines is 1. The normalized spacial score (nSPS) is 21.5. The summed E-state index contributed by atoms with van der Waals surface area (Å²) in [6.45, 7) is 3.27. The Kier molecular flexibility index (Phi) is 8.37. The first-order chi connectivity index (χ1) is 19.3. The maximum absolute atomic E-state index is 14.0. The molecular weight excluding hydrogens is 547 g/mol. The number of hydrogen-bond acceptors (Lipinski definition) is 13. The van der Waals surface area contributed by atoms with E-state index in [4.69, 9.17) is 18.9 Å². The highest BCUT2D eigenvalue weighted by atomic mass is 32.2.